The minimum atomic E-state index is -0.0243. The number of nitrogens with zero attached hydrogens (tertiary/aromatic N) is 4. The Labute approximate surface area is 141 Å². The van der Waals surface area contributed by atoms with E-state index in [4.69, 9.17) is 4.74 Å². The van der Waals surface area contributed by atoms with Crippen molar-refractivity contribution in [3.63, 3.8) is 0 Å². The molecule has 0 aromatic carbocycles. The molecule has 2 atom stereocenters. The SMILES string of the molecule is CC(C)c1nnc(CNC(=O)N2CC[C@H]3OCCN(C)[C@@H]3C2)s1. The lowest BCUT2D eigenvalue weighted by Gasteiger charge is -2.45. The van der Waals surface area contributed by atoms with Gasteiger partial charge < -0.3 is 15.0 Å². The van der Waals surface area contributed by atoms with E-state index in [1.807, 2.05) is 4.90 Å². The van der Waals surface area contributed by atoms with E-state index in [-0.39, 0.29) is 12.1 Å². The number of hydrogen-bond donors (Lipinski definition) is 1. The molecular weight excluding hydrogens is 314 g/mol. The summed E-state index contributed by atoms with van der Waals surface area (Å²) in [6.45, 7) is 7.82. The van der Waals surface area contributed by atoms with Crippen LogP contribution in [0.2, 0.25) is 0 Å². The third-order valence-corrected chi connectivity index (χ3v) is 5.74. The molecule has 23 heavy (non-hydrogen) atoms. The second kappa shape index (κ2) is 7.11. The number of fused-ring (bicyclic) bond motifs is 1. The Morgan fingerprint density at radius 1 is 1.43 bits per heavy atom. The van der Waals surface area contributed by atoms with E-state index < -0.39 is 0 Å². The van der Waals surface area contributed by atoms with E-state index in [1.165, 1.54) is 0 Å². The third-order valence-electron chi connectivity index (χ3n) is 4.52. The summed E-state index contributed by atoms with van der Waals surface area (Å²) in [7, 11) is 2.11. The first-order chi connectivity index (χ1) is 11.0. The van der Waals surface area contributed by atoms with Crippen LogP contribution in [0, 0.1) is 0 Å². The number of ether oxygens (including phenoxy) is 1. The zero-order valence-electron chi connectivity index (χ0n) is 14.0. The quantitative estimate of drug-likeness (QED) is 0.898. The van der Waals surface area contributed by atoms with Crippen molar-refractivity contribution in [3.8, 4) is 0 Å². The minimum absolute atomic E-state index is 0.0243. The molecule has 1 aromatic rings. The number of likely N-dealkylation sites (N-methyl/N-ethyl adjacent to an activating group) is 1. The number of aromatic nitrogens is 2. The van der Waals surface area contributed by atoms with Gasteiger partial charge in [0, 0.05) is 25.6 Å². The fourth-order valence-electron chi connectivity index (χ4n) is 3.06. The maximum atomic E-state index is 12.4. The van der Waals surface area contributed by atoms with Crippen molar-refractivity contribution in [2.75, 3.05) is 33.3 Å². The summed E-state index contributed by atoms with van der Waals surface area (Å²) >= 11 is 1.56. The predicted octanol–water partition coefficient (Wildman–Crippen LogP) is 1.28. The molecule has 0 bridgehead atoms. The summed E-state index contributed by atoms with van der Waals surface area (Å²) in [5.74, 6) is 0.373. The van der Waals surface area contributed by atoms with Gasteiger partial charge >= 0.3 is 6.03 Å². The summed E-state index contributed by atoms with van der Waals surface area (Å²) < 4.78 is 5.82. The number of piperidine rings is 1. The number of nitrogens with one attached hydrogen (secondary N) is 1. The van der Waals surface area contributed by atoms with Crippen LogP contribution in [0.1, 0.15) is 36.2 Å². The van der Waals surface area contributed by atoms with Crippen molar-refractivity contribution in [2.24, 2.45) is 0 Å². The highest BCUT2D eigenvalue weighted by Crippen LogP contribution is 2.22. The van der Waals surface area contributed by atoms with Gasteiger partial charge in [-0.1, -0.05) is 25.2 Å². The second-order valence-electron chi connectivity index (χ2n) is 6.54. The van der Waals surface area contributed by atoms with E-state index in [2.05, 4.69) is 41.3 Å². The maximum Gasteiger partial charge on any atom is 0.317 e. The monoisotopic (exact) mass is 339 g/mol. The van der Waals surface area contributed by atoms with Gasteiger partial charge in [0.05, 0.1) is 25.3 Å². The minimum Gasteiger partial charge on any atom is -0.375 e. The fraction of sp³-hybridized carbons (Fsp3) is 0.800. The summed E-state index contributed by atoms with van der Waals surface area (Å²) in [6.07, 6.45) is 1.16. The van der Waals surface area contributed by atoms with Gasteiger partial charge in [0.2, 0.25) is 0 Å². The Hall–Kier alpha value is -1.25. The number of likely N-dealkylation sites (tertiary alicyclic amines) is 1. The molecule has 3 heterocycles. The molecule has 0 spiro atoms. The molecule has 2 fully saturated rings. The van der Waals surface area contributed by atoms with E-state index in [0.29, 0.717) is 18.5 Å². The third kappa shape index (κ3) is 3.81. The topological polar surface area (TPSA) is 70.6 Å². The van der Waals surface area contributed by atoms with Crippen LogP contribution in [0.25, 0.3) is 0 Å². The number of urea groups is 1. The standard InChI is InChI=1S/C15H25N5O2S/c1-10(2)14-18-17-13(23-14)8-16-15(21)20-5-4-12-11(9-20)19(3)6-7-22-12/h10-12H,4-9H2,1-3H3,(H,16,21)/t11-,12-/m1/s1. The molecule has 2 aliphatic heterocycles. The average Bonchev–Trinajstić information content (AvgIpc) is 3.02. The number of morpholine rings is 1. The van der Waals surface area contributed by atoms with E-state index in [0.717, 1.165) is 42.7 Å². The van der Waals surface area contributed by atoms with E-state index in [1.54, 1.807) is 11.3 Å². The van der Waals surface area contributed by atoms with Crippen molar-refractivity contribution in [1.29, 1.82) is 0 Å². The number of rotatable bonds is 3. The first kappa shape index (κ1) is 16.6. The van der Waals surface area contributed by atoms with Gasteiger partial charge in [0.25, 0.3) is 0 Å². The Morgan fingerprint density at radius 2 is 2.26 bits per heavy atom. The summed E-state index contributed by atoms with van der Waals surface area (Å²) in [5, 5.41) is 13.1. The Morgan fingerprint density at radius 3 is 3.00 bits per heavy atom. The zero-order valence-corrected chi connectivity index (χ0v) is 14.8. The summed E-state index contributed by atoms with van der Waals surface area (Å²) in [5.41, 5.74) is 0. The van der Waals surface area contributed by atoms with Crippen LogP contribution in [-0.4, -0.2) is 71.5 Å². The first-order valence-electron chi connectivity index (χ1n) is 8.21. The lowest BCUT2D eigenvalue weighted by atomic mass is 9.99. The van der Waals surface area contributed by atoms with Gasteiger partial charge in [0.1, 0.15) is 10.0 Å². The Balaban J connectivity index is 1.52. The van der Waals surface area contributed by atoms with E-state index in [9.17, 15) is 4.79 Å². The molecular formula is C15H25N5O2S. The lowest BCUT2D eigenvalue weighted by Crippen LogP contribution is -2.60. The van der Waals surface area contributed by atoms with Crippen LogP contribution >= 0.6 is 11.3 Å². The Kier molecular flexibility index (Phi) is 5.13. The smallest absolute Gasteiger partial charge is 0.317 e. The predicted molar refractivity (Wildman–Crippen MR) is 88.6 cm³/mol. The largest absolute Gasteiger partial charge is 0.375 e. The highest BCUT2D eigenvalue weighted by atomic mass is 32.1. The van der Waals surface area contributed by atoms with Crippen molar-refractivity contribution in [2.45, 2.75) is 44.9 Å². The van der Waals surface area contributed by atoms with Crippen LogP contribution < -0.4 is 5.32 Å². The second-order valence-corrected chi connectivity index (χ2v) is 7.63. The number of carbonyl (C=O) groups excluding carboxylic acids is 1. The highest BCUT2D eigenvalue weighted by Gasteiger charge is 2.36. The zero-order chi connectivity index (χ0) is 16.4. The van der Waals surface area contributed by atoms with Crippen molar-refractivity contribution in [1.82, 2.24) is 25.3 Å². The summed E-state index contributed by atoms with van der Waals surface area (Å²) in [4.78, 5) is 16.6. The van der Waals surface area contributed by atoms with Crippen LogP contribution in [0.4, 0.5) is 4.79 Å². The molecule has 1 N–H and O–H groups in total. The number of amides is 2. The first-order valence-corrected chi connectivity index (χ1v) is 9.03. The van der Waals surface area contributed by atoms with Gasteiger partial charge in [-0.15, -0.1) is 10.2 Å². The number of hydrogen-bond acceptors (Lipinski definition) is 6. The van der Waals surface area contributed by atoms with E-state index >= 15 is 0 Å². The lowest BCUT2D eigenvalue weighted by molar-refractivity contribution is -0.0881. The molecule has 2 amide bonds. The highest BCUT2D eigenvalue weighted by molar-refractivity contribution is 7.11. The maximum absolute atomic E-state index is 12.4. The van der Waals surface area contributed by atoms with Crippen molar-refractivity contribution < 1.29 is 9.53 Å². The average molecular weight is 339 g/mol. The van der Waals surface area contributed by atoms with Gasteiger partial charge in [-0.05, 0) is 13.5 Å². The normalized spacial score (nSPS) is 25.5. The molecule has 8 heteroatoms. The molecule has 128 valence electrons. The van der Waals surface area contributed by atoms with Crippen LogP contribution in [-0.2, 0) is 11.3 Å². The molecule has 1 aromatic heterocycles. The van der Waals surface area contributed by atoms with Gasteiger partial charge in [-0.3, -0.25) is 4.90 Å². The molecule has 0 radical (unpaired) electrons. The van der Waals surface area contributed by atoms with Crippen molar-refractivity contribution >= 4 is 17.4 Å². The van der Waals surface area contributed by atoms with Gasteiger partial charge in [-0.25, -0.2) is 4.79 Å². The molecule has 0 saturated carbocycles. The molecule has 2 saturated heterocycles. The molecule has 2 aliphatic rings. The molecule has 7 nitrogen and oxygen atoms in total. The number of carbonyl (C=O) groups is 1. The van der Waals surface area contributed by atoms with Gasteiger partial charge in [0.15, 0.2) is 0 Å². The molecule has 0 unspecified atom stereocenters. The fourth-order valence-corrected chi connectivity index (χ4v) is 3.85. The van der Waals surface area contributed by atoms with Gasteiger partial charge in [-0.2, -0.15) is 0 Å². The van der Waals surface area contributed by atoms with Crippen LogP contribution in [0.15, 0.2) is 0 Å². The molecule has 3 rings (SSSR count). The van der Waals surface area contributed by atoms with Crippen molar-refractivity contribution in [3.05, 3.63) is 10.0 Å². The van der Waals surface area contributed by atoms with Crippen LogP contribution in [0.3, 0.4) is 0 Å². The van der Waals surface area contributed by atoms with Crippen LogP contribution in [0.5, 0.6) is 0 Å². The summed E-state index contributed by atoms with van der Waals surface area (Å²) in [6, 6.07) is 0.279. The Bertz CT molecular complexity index is 550. The molecule has 0 aliphatic carbocycles.